The van der Waals surface area contributed by atoms with Crippen molar-refractivity contribution in [1.29, 1.82) is 0 Å². The van der Waals surface area contributed by atoms with Crippen LogP contribution in [0.2, 0.25) is 5.02 Å². The Morgan fingerprint density at radius 1 is 1.38 bits per heavy atom. The summed E-state index contributed by atoms with van der Waals surface area (Å²) in [5, 5.41) is 18.7. The smallest absolute Gasteiger partial charge is 0.291 e. The minimum Gasteiger partial charge on any atom is -0.506 e. The van der Waals surface area contributed by atoms with Gasteiger partial charge in [0.1, 0.15) is 5.75 Å². The summed E-state index contributed by atoms with van der Waals surface area (Å²) in [6.07, 6.45) is 0. The summed E-state index contributed by atoms with van der Waals surface area (Å²) in [5.74, 6) is -0.545. The van der Waals surface area contributed by atoms with Gasteiger partial charge >= 0.3 is 0 Å². The van der Waals surface area contributed by atoms with E-state index in [1.165, 1.54) is 25.1 Å². The van der Waals surface area contributed by atoms with Gasteiger partial charge < -0.3 is 10.4 Å². The molecule has 0 aliphatic carbocycles. The molecule has 0 atom stereocenters. The Balaban J connectivity index is 2.23. The predicted molar refractivity (Wildman–Crippen MR) is 78.1 cm³/mol. The molecule has 11 heteroatoms. The fraction of sp³-hybridized carbons (Fsp3) is 0.100. The third kappa shape index (κ3) is 3.80. The molecule has 2 aromatic rings. The molecule has 112 valence electrons. The molecule has 8 nitrogen and oxygen atoms in total. The number of rotatable bonds is 4. The lowest BCUT2D eigenvalue weighted by Crippen LogP contribution is -2.12. The molecular formula is C10H9ClN4O4S2. The fourth-order valence-electron chi connectivity index (χ4n) is 1.29. The van der Waals surface area contributed by atoms with Gasteiger partial charge in [0.05, 0.1) is 10.7 Å². The number of nitrogens with zero attached hydrogens (tertiary/aromatic N) is 2. The van der Waals surface area contributed by atoms with Crippen LogP contribution in [-0.2, 0) is 14.8 Å². The van der Waals surface area contributed by atoms with Crippen LogP contribution in [0.5, 0.6) is 5.75 Å². The second-order valence-electron chi connectivity index (χ2n) is 3.83. The van der Waals surface area contributed by atoms with Crippen LogP contribution in [0.1, 0.15) is 6.92 Å². The maximum atomic E-state index is 12.1. The maximum absolute atomic E-state index is 12.1. The zero-order chi connectivity index (χ0) is 15.6. The number of aromatic nitrogens is 2. The summed E-state index contributed by atoms with van der Waals surface area (Å²) in [7, 11) is -3.95. The zero-order valence-corrected chi connectivity index (χ0v) is 12.9. The van der Waals surface area contributed by atoms with Crippen molar-refractivity contribution in [1.82, 2.24) is 10.2 Å². The van der Waals surface area contributed by atoms with Crippen molar-refractivity contribution in [3.8, 4) is 5.75 Å². The summed E-state index contributed by atoms with van der Waals surface area (Å²) in [6, 6.07) is 3.85. The monoisotopic (exact) mass is 348 g/mol. The number of sulfonamides is 1. The van der Waals surface area contributed by atoms with E-state index in [-0.39, 0.29) is 31.8 Å². The number of carbonyl (C=O) groups excluding carboxylic acids is 1. The molecule has 0 aliphatic heterocycles. The average Bonchev–Trinajstić information content (AvgIpc) is 2.82. The third-order valence-electron chi connectivity index (χ3n) is 2.12. The van der Waals surface area contributed by atoms with Gasteiger partial charge in [-0.15, -0.1) is 10.2 Å². The quantitative estimate of drug-likeness (QED) is 0.570. The number of aromatic hydroxyl groups is 1. The van der Waals surface area contributed by atoms with Crippen LogP contribution in [0.25, 0.3) is 0 Å². The molecule has 1 amide bonds. The van der Waals surface area contributed by atoms with Gasteiger partial charge in [0.2, 0.25) is 11.0 Å². The van der Waals surface area contributed by atoms with E-state index in [4.69, 9.17) is 11.6 Å². The lowest BCUT2D eigenvalue weighted by Gasteiger charge is -2.05. The van der Waals surface area contributed by atoms with Crippen LogP contribution < -0.4 is 10.0 Å². The molecule has 0 fully saturated rings. The highest BCUT2D eigenvalue weighted by Crippen LogP contribution is 2.28. The van der Waals surface area contributed by atoms with Crippen LogP contribution in [0, 0.1) is 0 Å². The van der Waals surface area contributed by atoms with Crippen molar-refractivity contribution in [2.75, 3.05) is 10.0 Å². The van der Waals surface area contributed by atoms with E-state index in [1.54, 1.807) is 0 Å². The summed E-state index contributed by atoms with van der Waals surface area (Å²) < 4.78 is 26.1. The van der Waals surface area contributed by atoms with Gasteiger partial charge in [0.15, 0.2) is 0 Å². The number of hydrogen-bond donors (Lipinski definition) is 3. The van der Waals surface area contributed by atoms with E-state index in [2.05, 4.69) is 20.2 Å². The van der Waals surface area contributed by atoms with Crippen LogP contribution in [0.3, 0.4) is 0 Å². The van der Waals surface area contributed by atoms with E-state index in [9.17, 15) is 18.3 Å². The molecule has 21 heavy (non-hydrogen) atoms. The van der Waals surface area contributed by atoms with Crippen LogP contribution >= 0.6 is 22.9 Å². The second kappa shape index (κ2) is 5.84. The van der Waals surface area contributed by atoms with Gasteiger partial charge in [-0.2, -0.15) is 8.42 Å². The normalized spacial score (nSPS) is 11.1. The predicted octanol–water partition coefficient (Wildman–Crippen LogP) is 1.66. The molecule has 1 aromatic carbocycles. The first-order valence-electron chi connectivity index (χ1n) is 5.40. The largest absolute Gasteiger partial charge is 0.506 e. The van der Waals surface area contributed by atoms with Crippen molar-refractivity contribution < 1.29 is 18.3 Å². The number of phenolic OH excluding ortho intramolecular Hbond substituents is 1. The van der Waals surface area contributed by atoms with Crippen molar-refractivity contribution in [2.45, 2.75) is 11.3 Å². The van der Waals surface area contributed by atoms with Crippen molar-refractivity contribution in [3.05, 3.63) is 23.2 Å². The summed E-state index contributed by atoms with van der Waals surface area (Å²) in [6.45, 7) is 1.27. The number of amides is 1. The van der Waals surface area contributed by atoms with Gasteiger partial charge in [0.25, 0.3) is 14.4 Å². The molecule has 0 aliphatic rings. The lowest BCUT2D eigenvalue weighted by atomic mass is 10.3. The Morgan fingerprint density at radius 3 is 2.71 bits per heavy atom. The minimum absolute atomic E-state index is 0.00593. The van der Waals surface area contributed by atoms with E-state index in [0.29, 0.717) is 11.3 Å². The van der Waals surface area contributed by atoms with Gasteiger partial charge in [-0.3, -0.25) is 9.52 Å². The second-order valence-corrected chi connectivity index (χ2v) is 7.07. The number of halogens is 1. The summed E-state index contributed by atoms with van der Waals surface area (Å²) in [4.78, 5) is 10.9. The highest BCUT2D eigenvalue weighted by atomic mass is 35.5. The Morgan fingerprint density at radius 2 is 2.10 bits per heavy atom. The average molecular weight is 349 g/mol. The molecule has 3 N–H and O–H groups in total. The third-order valence-corrected chi connectivity index (χ3v) is 5.01. The minimum atomic E-state index is -3.95. The van der Waals surface area contributed by atoms with E-state index in [1.807, 2.05) is 0 Å². The first kappa shape index (κ1) is 15.5. The van der Waals surface area contributed by atoms with Crippen molar-refractivity contribution in [3.63, 3.8) is 0 Å². The van der Waals surface area contributed by atoms with Gasteiger partial charge in [0, 0.05) is 6.92 Å². The van der Waals surface area contributed by atoms with Gasteiger partial charge in [-0.1, -0.05) is 22.9 Å². The molecule has 0 bridgehead atoms. The molecule has 0 radical (unpaired) electrons. The zero-order valence-electron chi connectivity index (χ0n) is 10.5. The van der Waals surface area contributed by atoms with Crippen LogP contribution in [-0.4, -0.2) is 29.6 Å². The van der Waals surface area contributed by atoms with Crippen molar-refractivity contribution >= 4 is 49.7 Å². The standard InChI is InChI=1S/C10H9ClN4O4S2/c1-5(16)12-9-13-14-10(20-9)21(18,19)15-6-2-3-8(17)7(11)4-6/h2-4,15,17H,1H3,(H,12,13,16). The molecule has 0 unspecified atom stereocenters. The Kier molecular flexibility index (Phi) is 4.30. The van der Waals surface area contributed by atoms with Gasteiger partial charge in [-0.05, 0) is 18.2 Å². The fourth-order valence-corrected chi connectivity index (χ4v) is 3.47. The first-order valence-corrected chi connectivity index (χ1v) is 8.08. The Labute approximate surface area is 128 Å². The number of phenols is 1. The number of carbonyl (C=O) groups is 1. The number of anilines is 2. The van der Waals surface area contributed by atoms with E-state index in [0.717, 1.165) is 0 Å². The van der Waals surface area contributed by atoms with Crippen LogP contribution in [0.4, 0.5) is 10.8 Å². The number of nitrogens with one attached hydrogen (secondary N) is 2. The molecule has 2 rings (SSSR count). The van der Waals surface area contributed by atoms with E-state index >= 15 is 0 Å². The van der Waals surface area contributed by atoms with Crippen LogP contribution in [0.15, 0.2) is 22.5 Å². The first-order chi connectivity index (χ1) is 9.78. The van der Waals surface area contributed by atoms with E-state index < -0.39 is 10.0 Å². The topological polar surface area (TPSA) is 121 Å². The molecule has 0 saturated carbocycles. The van der Waals surface area contributed by atoms with Crippen molar-refractivity contribution in [2.24, 2.45) is 0 Å². The molecule has 0 spiro atoms. The SMILES string of the molecule is CC(=O)Nc1nnc(S(=O)(=O)Nc2ccc(O)c(Cl)c2)s1. The molecule has 0 saturated heterocycles. The highest BCUT2D eigenvalue weighted by molar-refractivity contribution is 7.94. The summed E-state index contributed by atoms with van der Waals surface area (Å²) in [5.41, 5.74) is 0.161. The Bertz CT molecular complexity index is 790. The Hall–Kier alpha value is -1.91. The molecule has 1 heterocycles. The number of hydrogen-bond acceptors (Lipinski definition) is 7. The lowest BCUT2D eigenvalue weighted by molar-refractivity contribution is -0.114. The number of benzene rings is 1. The highest BCUT2D eigenvalue weighted by Gasteiger charge is 2.21. The summed E-state index contributed by atoms with van der Waals surface area (Å²) >= 11 is 6.40. The molecule has 1 aromatic heterocycles. The van der Waals surface area contributed by atoms with Gasteiger partial charge in [-0.25, -0.2) is 0 Å². The maximum Gasteiger partial charge on any atom is 0.291 e. The molecular weight excluding hydrogens is 340 g/mol.